The van der Waals surface area contributed by atoms with Crippen molar-refractivity contribution >= 4 is 5.97 Å². The maximum Gasteiger partial charge on any atom is 0.312 e. The molecule has 0 saturated heterocycles. The lowest BCUT2D eigenvalue weighted by atomic mass is 9.89. The molecule has 2 N–H and O–H groups in total. The highest BCUT2D eigenvalue weighted by molar-refractivity contribution is 5.78. The maximum absolute atomic E-state index is 11.7. The number of benzene rings is 2. The van der Waals surface area contributed by atoms with Crippen molar-refractivity contribution in [2.75, 3.05) is 6.54 Å². The topological polar surface area (TPSA) is 49.3 Å². The molecule has 0 aliphatic carbocycles. The van der Waals surface area contributed by atoms with Crippen molar-refractivity contribution in [3.63, 3.8) is 0 Å². The van der Waals surface area contributed by atoms with Gasteiger partial charge in [0.05, 0.1) is 0 Å². The first kappa shape index (κ1) is 14.5. The normalized spacial score (nSPS) is 18.8. The third-order valence-corrected chi connectivity index (χ3v) is 4.04. The molecule has 2 atom stereocenters. The molecule has 3 heteroatoms. The quantitative estimate of drug-likeness (QED) is 0.849. The Morgan fingerprint density at radius 3 is 2.32 bits per heavy atom. The average Bonchev–Trinajstić information content (AvgIpc) is 2.57. The Morgan fingerprint density at radius 2 is 1.73 bits per heavy atom. The largest absolute Gasteiger partial charge is 0.481 e. The number of hydrogen-bond donors (Lipinski definition) is 2. The van der Waals surface area contributed by atoms with Gasteiger partial charge < -0.3 is 10.4 Å². The van der Waals surface area contributed by atoms with Crippen LogP contribution in [0.3, 0.4) is 0 Å². The second kappa shape index (κ2) is 6.58. The van der Waals surface area contributed by atoms with Crippen molar-refractivity contribution < 1.29 is 9.90 Å². The van der Waals surface area contributed by atoms with Crippen molar-refractivity contribution in [2.45, 2.75) is 18.4 Å². The second-order valence-electron chi connectivity index (χ2n) is 5.50. The van der Waals surface area contributed by atoms with E-state index in [2.05, 4.69) is 23.5 Å². The fourth-order valence-corrected chi connectivity index (χ4v) is 2.89. The van der Waals surface area contributed by atoms with Crippen LogP contribution in [0.25, 0.3) is 11.1 Å². The van der Waals surface area contributed by atoms with Crippen molar-refractivity contribution in [1.29, 1.82) is 0 Å². The summed E-state index contributed by atoms with van der Waals surface area (Å²) >= 11 is 0. The molecule has 1 heterocycles. The van der Waals surface area contributed by atoms with Gasteiger partial charge in [-0.3, -0.25) is 4.79 Å². The van der Waals surface area contributed by atoms with Crippen LogP contribution >= 0.6 is 0 Å². The molecule has 0 bridgehead atoms. The summed E-state index contributed by atoms with van der Waals surface area (Å²) in [5, 5.41) is 12.9. The summed E-state index contributed by atoms with van der Waals surface area (Å²) in [7, 11) is 0. The monoisotopic (exact) mass is 293 g/mol. The molecule has 3 rings (SSSR count). The molecule has 3 nitrogen and oxygen atoms in total. The molecular formula is C19H19NO2. The zero-order valence-electron chi connectivity index (χ0n) is 12.3. The van der Waals surface area contributed by atoms with Crippen LogP contribution in [0.15, 0.2) is 66.7 Å². The minimum absolute atomic E-state index is 0.145. The molecule has 1 aliphatic heterocycles. The number of aliphatic carboxylic acids is 1. The van der Waals surface area contributed by atoms with Crippen molar-refractivity contribution in [1.82, 2.24) is 5.32 Å². The highest BCUT2D eigenvalue weighted by atomic mass is 16.4. The number of carboxylic acid groups (broad SMARTS) is 1. The molecule has 0 unspecified atom stereocenters. The molecule has 0 aromatic heterocycles. The Hall–Kier alpha value is -2.39. The molecule has 2 aromatic carbocycles. The number of carbonyl (C=O) groups is 1. The van der Waals surface area contributed by atoms with E-state index in [1.54, 1.807) is 0 Å². The predicted octanol–water partition coefficient (Wildman–Crippen LogP) is 3.44. The zero-order chi connectivity index (χ0) is 15.4. The van der Waals surface area contributed by atoms with Gasteiger partial charge in [-0.15, -0.1) is 0 Å². The van der Waals surface area contributed by atoms with Gasteiger partial charge in [-0.1, -0.05) is 66.7 Å². The third kappa shape index (κ3) is 3.10. The average molecular weight is 293 g/mol. The SMILES string of the molecule is O=C(O)[C@@H](c1ccc(-c2ccccc2)cc1)[C@H]1C=CCCN1. The van der Waals surface area contributed by atoms with Gasteiger partial charge in [-0.05, 0) is 29.7 Å². The molecule has 22 heavy (non-hydrogen) atoms. The summed E-state index contributed by atoms with van der Waals surface area (Å²) in [6.07, 6.45) is 4.97. The summed E-state index contributed by atoms with van der Waals surface area (Å²) in [6.45, 7) is 0.826. The van der Waals surface area contributed by atoms with Crippen LogP contribution in [0.1, 0.15) is 17.9 Å². The Bertz CT molecular complexity index is 662. The maximum atomic E-state index is 11.7. The molecule has 0 spiro atoms. The number of rotatable bonds is 4. The smallest absolute Gasteiger partial charge is 0.312 e. The predicted molar refractivity (Wildman–Crippen MR) is 87.8 cm³/mol. The van der Waals surface area contributed by atoms with Crippen molar-refractivity contribution in [3.05, 3.63) is 72.3 Å². The van der Waals surface area contributed by atoms with Gasteiger partial charge in [0.2, 0.25) is 0 Å². The van der Waals surface area contributed by atoms with Crippen LogP contribution in [-0.2, 0) is 4.79 Å². The van der Waals surface area contributed by atoms with Crippen LogP contribution < -0.4 is 5.32 Å². The van der Waals surface area contributed by atoms with E-state index in [1.807, 2.05) is 48.5 Å². The molecule has 112 valence electrons. The minimum atomic E-state index is -0.795. The van der Waals surface area contributed by atoms with Crippen molar-refractivity contribution in [3.8, 4) is 11.1 Å². The first-order valence-electron chi connectivity index (χ1n) is 7.54. The summed E-state index contributed by atoms with van der Waals surface area (Å²) < 4.78 is 0. The summed E-state index contributed by atoms with van der Waals surface area (Å²) in [5.41, 5.74) is 3.06. The first-order valence-corrected chi connectivity index (χ1v) is 7.54. The van der Waals surface area contributed by atoms with Gasteiger partial charge in [0.1, 0.15) is 5.92 Å². The molecule has 0 amide bonds. The van der Waals surface area contributed by atoms with E-state index in [0.29, 0.717) is 0 Å². The van der Waals surface area contributed by atoms with E-state index in [0.717, 1.165) is 29.7 Å². The van der Waals surface area contributed by atoms with Gasteiger partial charge in [-0.2, -0.15) is 0 Å². The molecular weight excluding hydrogens is 274 g/mol. The highest BCUT2D eigenvalue weighted by Crippen LogP contribution is 2.26. The lowest BCUT2D eigenvalue weighted by Gasteiger charge is -2.25. The van der Waals surface area contributed by atoms with E-state index < -0.39 is 11.9 Å². The van der Waals surface area contributed by atoms with E-state index >= 15 is 0 Å². The van der Waals surface area contributed by atoms with Crippen LogP contribution in [0.4, 0.5) is 0 Å². The van der Waals surface area contributed by atoms with E-state index in [4.69, 9.17) is 0 Å². The lowest BCUT2D eigenvalue weighted by Crippen LogP contribution is -2.39. The van der Waals surface area contributed by atoms with E-state index in [9.17, 15) is 9.90 Å². The summed E-state index contributed by atoms with van der Waals surface area (Å²) in [5.74, 6) is -1.35. The number of nitrogens with one attached hydrogen (secondary N) is 1. The van der Waals surface area contributed by atoms with Crippen LogP contribution in [-0.4, -0.2) is 23.7 Å². The third-order valence-electron chi connectivity index (χ3n) is 4.04. The molecule has 0 saturated carbocycles. The Balaban J connectivity index is 1.88. The Kier molecular flexibility index (Phi) is 4.35. The van der Waals surface area contributed by atoms with Crippen molar-refractivity contribution in [2.24, 2.45) is 0 Å². The number of carboxylic acids is 1. The number of hydrogen-bond acceptors (Lipinski definition) is 2. The first-order chi connectivity index (χ1) is 10.8. The van der Waals surface area contributed by atoms with E-state index in [-0.39, 0.29) is 6.04 Å². The van der Waals surface area contributed by atoms with Crippen LogP contribution in [0.5, 0.6) is 0 Å². The molecule has 2 aromatic rings. The second-order valence-corrected chi connectivity index (χ2v) is 5.50. The van der Waals surface area contributed by atoms with Gasteiger partial charge >= 0.3 is 5.97 Å². The zero-order valence-corrected chi connectivity index (χ0v) is 12.3. The summed E-state index contributed by atoms with van der Waals surface area (Å²) in [6, 6.07) is 17.8. The standard InChI is InChI=1S/C19H19NO2/c21-19(22)18(17-8-4-5-13-20-17)16-11-9-15(10-12-16)14-6-2-1-3-7-14/h1-4,6-12,17-18,20H,5,13H2,(H,21,22)/t17-,18+/m1/s1. The summed E-state index contributed by atoms with van der Waals surface area (Å²) in [4.78, 5) is 11.7. The van der Waals surface area contributed by atoms with E-state index in [1.165, 1.54) is 0 Å². The fourth-order valence-electron chi connectivity index (χ4n) is 2.89. The molecule has 0 radical (unpaired) electrons. The van der Waals surface area contributed by atoms with Crippen LogP contribution in [0, 0.1) is 0 Å². The lowest BCUT2D eigenvalue weighted by molar-refractivity contribution is -0.139. The molecule has 0 fully saturated rings. The van der Waals surface area contributed by atoms with Gasteiger partial charge in [0.15, 0.2) is 0 Å². The van der Waals surface area contributed by atoms with Crippen LogP contribution in [0.2, 0.25) is 0 Å². The van der Waals surface area contributed by atoms with Gasteiger partial charge in [0.25, 0.3) is 0 Å². The van der Waals surface area contributed by atoms with Gasteiger partial charge in [-0.25, -0.2) is 0 Å². The highest BCUT2D eigenvalue weighted by Gasteiger charge is 2.28. The van der Waals surface area contributed by atoms with Gasteiger partial charge in [0, 0.05) is 6.04 Å². The Morgan fingerprint density at radius 1 is 1.05 bits per heavy atom. The Labute approximate surface area is 130 Å². The molecule has 1 aliphatic rings. The fraction of sp³-hybridized carbons (Fsp3) is 0.211. The minimum Gasteiger partial charge on any atom is -0.481 e.